The fourth-order valence-electron chi connectivity index (χ4n) is 2.64. The van der Waals surface area contributed by atoms with Gasteiger partial charge in [0.2, 0.25) is 10.0 Å². The highest BCUT2D eigenvalue weighted by Crippen LogP contribution is 2.22. The number of halogens is 1. The molecule has 2 aromatic carbocycles. The molecule has 29 heavy (non-hydrogen) atoms. The summed E-state index contributed by atoms with van der Waals surface area (Å²) >= 11 is 6.07. The predicted molar refractivity (Wildman–Crippen MR) is 113 cm³/mol. The summed E-state index contributed by atoms with van der Waals surface area (Å²) < 4.78 is 32.1. The Hall–Kier alpha value is -2.61. The van der Waals surface area contributed by atoms with Gasteiger partial charge in [0.1, 0.15) is 5.76 Å². The highest BCUT2D eigenvalue weighted by Gasteiger charge is 2.22. The summed E-state index contributed by atoms with van der Waals surface area (Å²) in [4.78, 5) is 12.6. The van der Waals surface area contributed by atoms with Crippen molar-refractivity contribution in [3.63, 3.8) is 0 Å². The first kappa shape index (κ1) is 21.1. The van der Waals surface area contributed by atoms with E-state index < -0.39 is 15.9 Å². The predicted octanol–water partition coefficient (Wildman–Crippen LogP) is 4.62. The zero-order chi connectivity index (χ0) is 21.2. The third kappa shape index (κ3) is 4.87. The van der Waals surface area contributed by atoms with E-state index in [0.717, 1.165) is 11.1 Å². The number of anilines is 1. The van der Waals surface area contributed by atoms with Crippen LogP contribution in [0.5, 0.6) is 0 Å². The standard InChI is InChI=1S/C21H21ClN2O4S/c1-14-4-9-18(10-5-14)29(26,27)24(3)13-17-8-11-20(28-17)21(25)23-16-7-6-15(2)19(22)12-16/h4-12H,13H2,1-3H3,(H,23,25). The van der Waals surface area contributed by atoms with E-state index in [2.05, 4.69) is 5.32 Å². The molecule has 6 nitrogen and oxygen atoms in total. The molecule has 0 unspecified atom stereocenters. The van der Waals surface area contributed by atoms with Crippen LogP contribution < -0.4 is 5.32 Å². The molecular formula is C21H21ClN2O4S. The molecule has 3 rings (SSSR count). The van der Waals surface area contributed by atoms with E-state index in [9.17, 15) is 13.2 Å². The average Bonchev–Trinajstić information content (AvgIpc) is 3.14. The minimum Gasteiger partial charge on any atom is -0.455 e. The summed E-state index contributed by atoms with van der Waals surface area (Å²) in [6.45, 7) is 3.76. The third-order valence-electron chi connectivity index (χ3n) is 4.42. The summed E-state index contributed by atoms with van der Waals surface area (Å²) in [5.41, 5.74) is 2.42. The number of benzene rings is 2. The Morgan fingerprint density at radius 2 is 1.76 bits per heavy atom. The van der Waals surface area contributed by atoms with Gasteiger partial charge in [0, 0.05) is 17.8 Å². The van der Waals surface area contributed by atoms with Gasteiger partial charge in [-0.05, 0) is 55.8 Å². The zero-order valence-electron chi connectivity index (χ0n) is 16.3. The van der Waals surface area contributed by atoms with Crippen molar-refractivity contribution in [2.75, 3.05) is 12.4 Å². The van der Waals surface area contributed by atoms with Gasteiger partial charge in [0.15, 0.2) is 5.76 Å². The maximum atomic E-state index is 12.7. The van der Waals surface area contributed by atoms with Crippen molar-refractivity contribution < 1.29 is 17.6 Å². The van der Waals surface area contributed by atoms with Crippen molar-refractivity contribution in [2.24, 2.45) is 0 Å². The number of carbonyl (C=O) groups excluding carboxylic acids is 1. The van der Waals surface area contributed by atoms with Gasteiger partial charge in [-0.25, -0.2) is 8.42 Å². The lowest BCUT2D eigenvalue weighted by Crippen LogP contribution is -2.26. The Morgan fingerprint density at radius 1 is 1.07 bits per heavy atom. The molecule has 0 radical (unpaired) electrons. The SMILES string of the molecule is Cc1ccc(S(=O)(=O)N(C)Cc2ccc(C(=O)Nc3ccc(C)c(Cl)c3)o2)cc1. The first-order valence-corrected chi connectivity index (χ1v) is 10.7. The van der Waals surface area contributed by atoms with Crippen LogP contribution in [0.4, 0.5) is 5.69 Å². The van der Waals surface area contributed by atoms with Crippen molar-refractivity contribution in [3.05, 3.63) is 82.3 Å². The van der Waals surface area contributed by atoms with E-state index in [1.165, 1.54) is 17.4 Å². The van der Waals surface area contributed by atoms with Crippen LogP contribution in [0.2, 0.25) is 5.02 Å². The van der Waals surface area contributed by atoms with Crippen LogP contribution in [0, 0.1) is 13.8 Å². The smallest absolute Gasteiger partial charge is 0.291 e. The largest absolute Gasteiger partial charge is 0.455 e. The Bertz CT molecular complexity index is 1140. The summed E-state index contributed by atoms with van der Waals surface area (Å²) in [5, 5.41) is 3.25. The number of aryl methyl sites for hydroxylation is 2. The summed E-state index contributed by atoms with van der Waals surface area (Å²) in [6.07, 6.45) is 0. The molecule has 0 bridgehead atoms. The number of furan rings is 1. The molecule has 152 valence electrons. The van der Waals surface area contributed by atoms with Gasteiger partial charge >= 0.3 is 0 Å². The minimum atomic E-state index is -3.66. The summed E-state index contributed by atoms with van der Waals surface area (Å²) in [7, 11) is -2.20. The molecule has 0 fully saturated rings. The number of sulfonamides is 1. The van der Waals surface area contributed by atoms with Crippen LogP contribution in [-0.2, 0) is 16.6 Å². The Morgan fingerprint density at radius 3 is 2.41 bits per heavy atom. The molecule has 0 saturated heterocycles. The monoisotopic (exact) mass is 432 g/mol. The zero-order valence-corrected chi connectivity index (χ0v) is 17.8. The fraction of sp³-hybridized carbons (Fsp3) is 0.190. The molecule has 1 heterocycles. The number of nitrogens with one attached hydrogen (secondary N) is 1. The minimum absolute atomic E-state index is 0.000149. The van der Waals surface area contributed by atoms with E-state index in [-0.39, 0.29) is 17.2 Å². The Kier molecular flexibility index (Phi) is 6.12. The van der Waals surface area contributed by atoms with Crippen LogP contribution in [-0.4, -0.2) is 25.7 Å². The topological polar surface area (TPSA) is 79.6 Å². The molecule has 0 spiro atoms. The number of hydrogen-bond acceptors (Lipinski definition) is 4. The quantitative estimate of drug-likeness (QED) is 0.616. The van der Waals surface area contributed by atoms with Gasteiger partial charge in [0.05, 0.1) is 11.4 Å². The number of amides is 1. The van der Waals surface area contributed by atoms with Crippen molar-refractivity contribution >= 4 is 33.2 Å². The Balaban J connectivity index is 1.69. The van der Waals surface area contributed by atoms with Crippen molar-refractivity contribution in [1.29, 1.82) is 0 Å². The Labute approximate surface area is 175 Å². The van der Waals surface area contributed by atoms with Crippen LogP contribution in [0.3, 0.4) is 0 Å². The number of carbonyl (C=O) groups is 1. The van der Waals surface area contributed by atoms with E-state index in [1.807, 2.05) is 13.8 Å². The van der Waals surface area contributed by atoms with E-state index in [1.54, 1.807) is 48.5 Å². The van der Waals surface area contributed by atoms with E-state index in [4.69, 9.17) is 16.0 Å². The molecular weight excluding hydrogens is 412 g/mol. The molecule has 3 aromatic rings. The molecule has 1 aromatic heterocycles. The van der Waals surface area contributed by atoms with E-state index in [0.29, 0.717) is 16.5 Å². The van der Waals surface area contributed by atoms with Crippen molar-refractivity contribution in [3.8, 4) is 0 Å². The highest BCUT2D eigenvalue weighted by molar-refractivity contribution is 7.89. The number of rotatable bonds is 6. The molecule has 0 atom stereocenters. The number of hydrogen-bond donors (Lipinski definition) is 1. The third-order valence-corrected chi connectivity index (χ3v) is 6.65. The lowest BCUT2D eigenvalue weighted by Gasteiger charge is -2.16. The maximum absolute atomic E-state index is 12.7. The highest BCUT2D eigenvalue weighted by atomic mass is 35.5. The summed E-state index contributed by atoms with van der Waals surface area (Å²) in [5.74, 6) is -0.00618. The van der Waals surface area contributed by atoms with Gasteiger partial charge in [-0.2, -0.15) is 4.31 Å². The molecule has 1 N–H and O–H groups in total. The molecule has 0 aliphatic carbocycles. The molecule has 8 heteroatoms. The van der Waals surface area contributed by atoms with Crippen molar-refractivity contribution in [1.82, 2.24) is 4.31 Å². The second kappa shape index (κ2) is 8.41. The summed E-state index contributed by atoms with van der Waals surface area (Å²) in [6, 6.07) is 14.9. The van der Waals surface area contributed by atoms with Crippen LogP contribution >= 0.6 is 11.6 Å². The molecule has 0 aliphatic rings. The molecule has 1 amide bonds. The van der Waals surface area contributed by atoms with Crippen LogP contribution in [0.15, 0.2) is 63.9 Å². The van der Waals surface area contributed by atoms with Crippen molar-refractivity contribution in [2.45, 2.75) is 25.3 Å². The first-order valence-electron chi connectivity index (χ1n) is 8.86. The number of nitrogens with zero attached hydrogens (tertiary/aromatic N) is 1. The lowest BCUT2D eigenvalue weighted by atomic mass is 10.2. The molecule has 0 aliphatic heterocycles. The van der Waals surface area contributed by atoms with Gasteiger partial charge < -0.3 is 9.73 Å². The molecule has 0 saturated carbocycles. The van der Waals surface area contributed by atoms with Crippen LogP contribution in [0.25, 0.3) is 0 Å². The van der Waals surface area contributed by atoms with Gasteiger partial charge in [-0.1, -0.05) is 35.4 Å². The van der Waals surface area contributed by atoms with Gasteiger partial charge in [0.25, 0.3) is 5.91 Å². The van der Waals surface area contributed by atoms with Crippen LogP contribution in [0.1, 0.15) is 27.4 Å². The van der Waals surface area contributed by atoms with Gasteiger partial charge in [-0.15, -0.1) is 0 Å². The first-order chi connectivity index (χ1) is 13.7. The second-order valence-electron chi connectivity index (χ2n) is 6.76. The normalized spacial score (nSPS) is 11.6. The van der Waals surface area contributed by atoms with E-state index >= 15 is 0 Å². The lowest BCUT2D eigenvalue weighted by molar-refractivity contribution is 0.0994. The second-order valence-corrected chi connectivity index (χ2v) is 9.21. The fourth-order valence-corrected chi connectivity index (χ4v) is 3.96. The average molecular weight is 433 g/mol. The maximum Gasteiger partial charge on any atom is 0.291 e. The van der Waals surface area contributed by atoms with Gasteiger partial charge in [-0.3, -0.25) is 4.79 Å².